The number of ether oxygens (including phenoxy) is 1. The van der Waals surface area contributed by atoms with Crippen molar-refractivity contribution in [2.75, 3.05) is 6.54 Å². The maximum Gasteiger partial charge on any atom is 0.272 e. The normalized spacial score (nSPS) is 16.3. The molecule has 1 atom stereocenters. The van der Waals surface area contributed by atoms with E-state index in [2.05, 4.69) is 0 Å². The van der Waals surface area contributed by atoms with Gasteiger partial charge >= 0.3 is 0 Å². The molecule has 0 spiro atoms. The van der Waals surface area contributed by atoms with Gasteiger partial charge in [0.05, 0.1) is 5.52 Å². The highest BCUT2D eigenvalue weighted by Gasteiger charge is 2.30. The van der Waals surface area contributed by atoms with Gasteiger partial charge in [0.1, 0.15) is 5.75 Å². The fraction of sp³-hybridized carbons (Fsp3) is 0.211. The zero-order valence-electron chi connectivity index (χ0n) is 12.7. The minimum Gasteiger partial charge on any atom is -0.480 e. The molecule has 0 amide bonds. The lowest BCUT2D eigenvalue weighted by molar-refractivity contribution is 0.0740. The van der Waals surface area contributed by atoms with Crippen LogP contribution in [0.5, 0.6) is 5.75 Å². The first-order chi connectivity index (χ1) is 11.3. The van der Waals surface area contributed by atoms with Gasteiger partial charge in [-0.05, 0) is 36.2 Å². The van der Waals surface area contributed by atoms with Gasteiger partial charge in [-0.3, -0.25) is 9.36 Å². The zero-order valence-corrected chi connectivity index (χ0v) is 12.7. The molecule has 4 rings (SSSR count). The summed E-state index contributed by atoms with van der Waals surface area (Å²) in [5.41, 5.74) is 8.81. The number of hydrogen-bond donors (Lipinski definition) is 1. The second kappa shape index (κ2) is 5.56. The van der Waals surface area contributed by atoms with Crippen molar-refractivity contribution in [2.24, 2.45) is 5.73 Å². The van der Waals surface area contributed by atoms with E-state index in [0.29, 0.717) is 13.0 Å². The van der Waals surface area contributed by atoms with Gasteiger partial charge in [0.15, 0.2) is 6.10 Å². The Labute approximate surface area is 134 Å². The summed E-state index contributed by atoms with van der Waals surface area (Å²) in [6, 6.07) is 15.8. The molecule has 23 heavy (non-hydrogen) atoms. The van der Waals surface area contributed by atoms with Crippen molar-refractivity contribution >= 4 is 16.8 Å². The largest absolute Gasteiger partial charge is 0.480 e. The second-order valence-electron chi connectivity index (χ2n) is 5.84. The molecule has 4 nitrogen and oxygen atoms in total. The Kier molecular flexibility index (Phi) is 3.39. The van der Waals surface area contributed by atoms with Crippen LogP contribution >= 0.6 is 0 Å². The Bertz CT molecular complexity index is 857. The van der Waals surface area contributed by atoms with Gasteiger partial charge in [-0.1, -0.05) is 36.4 Å². The Morgan fingerprint density at radius 1 is 1.17 bits per heavy atom. The fourth-order valence-corrected chi connectivity index (χ4v) is 3.26. The van der Waals surface area contributed by atoms with Crippen LogP contribution in [0.1, 0.15) is 15.9 Å². The predicted molar refractivity (Wildman–Crippen MR) is 89.9 cm³/mol. The Morgan fingerprint density at radius 3 is 2.78 bits per heavy atom. The summed E-state index contributed by atoms with van der Waals surface area (Å²) >= 11 is 0. The van der Waals surface area contributed by atoms with E-state index >= 15 is 0 Å². The van der Waals surface area contributed by atoms with Crippen LogP contribution in [0.15, 0.2) is 54.7 Å². The van der Waals surface area contributed by atoms with Crippen LogP contribution in [0.4, 0.5) is 0 Å². The Balaban J connectivity index is 1.71. The summed E-state index contributed by atoms with van der Waals surface area (Å²) in [6.07, 6.45) is 2.82. The summed E-state index contributed by atoms with van der Waals surface area (Å²) < 4.78 is 7.57. The number of carbonyl (C=O) groups excluding carboxylic acids is 1. The standard InChI is InChI=1S/C19H18N2O2/c20-10-9-14-12-21(16-7-3-2-6-15(14)16)19(22)18-11-13-5-1-4-8-17(13)23-18/h1-8,12,18H,9-11,20H2. The van der Waals surface area contributed by atoms with Gasteiger partial charge < -0.3 is 10.5 Å². The molecule has 1 aliphatic rings. The highest BCUT2D eigenvalue weighted by Crippen LogP contribution is 2.30. The van der Waals surface area contributed by atoms with Crippen LogP contribution in [0.2, 0.25) is 0 Å². The molecule has 2 N–H and O–H groups in total. The Morgan fingerprint density at radius 2 is 1.96 bits per heavy atom. The number of nitrogens with zero attached hydrogens (tertiary/aromatic N) is 1. The molecule has 1 unspecified atom stereocenters. The van der Waals surface area contributed by atoms with Crippen LogP contribution < -0.4 is 10.5 Å². The smallest absolute Gasteiger partial charge is 0.272 e. The first-order valence-electron chi connectivity index (χ1n) is 7.86. The molecule has 0 aliphatic carbocycles. The maximum atomic E-state index is 13.0. The van der Waals surface area contributed by atoms with E-state index in [0.717, 1.165) is 34.2 Å². The van der Waals surface area contributed by atoms with Crippen molar-refractivity contribution in [3.8, 4) is 5.75 Å². The van der Waals surface area contributed by atoms with E-state index in [-0.39, 0.29) is 5.91 Å². The van der Waals surface area contributed by atoms with Crippen LogP contribution in [-0.4, -0.2) is 23.1 Å². The molecule has 116 valence electrons. The molecule has 0 bridgehead atoms. The number of hydrogen-bond acceptors (Lipinski definition) is 3. The summed E-state index contributed by atoms with van der Waals surface area (Å²) in [5, 5.41) is 1.09. The number of rotatable bonds is 3. The van der Waals surface area contributed by atoms with Gasteiger partial charge in [-0.2, -0.15) is 0 Å². The fourth-order valence-electron chi connectivity index (χ4n) is 3.26. The van der Waals surface area contributed by atoms with Crippen LogP contribution in [0.25, 0.3) is 10.9 Å². The lowest BCUT2D eigenvalue weighted by atomic mass is 10.1. The monoisotopic (exact) mass is 306 g/mol. The first kappa shape index (κ1) is 14.0. The van der Waals surface area contributed by atoms with Gasteiger partial charge in [0.25, 0.3) is 5.91 Å². The van der Waals surface area contributed by atoms with Crippen molar-refractivity contribution in [2.45, 2.75) is 18.9 Å². The van der Waals surface area contributed by atoms with Gasteiger partial charge in [-0.25, -0.2) is 0 Å². The molecule has 1 aliphatic heterocycles. The third-order valence-electron chi connectivity index (χ3n) is 4.37. The number of aromatic nitrogens is 1. The summed E-state index contributed by atoms with van der Waals surface area (Å²) in [5.74, 6) is 0.783. The molecule has 4 heteroatoms. The van der Waals surface area contributed by atoms with E-state index in [1.165, 1.54) is 0 Å². The van der Waals surface area contributed by atoms with Crippen molar-refractivity contribution in [1.82, 2.24) is 4.57 Å². The van der Waals surface area contributed by atoms with E-state index in [9.17, 15) is 4.79 Å². The average molecular weight is 306 g/mol. The third-order valence-corrected chi connectivity index (χ3v) is 4.37. The van der Waals surface area contributed by atoms with E-state index < -0.39 is 6.10 Å². The molecule has 0 saturated heterocycles. The Hall–Kier alpha value is -2.59. The van der Waals surface area contributed by atoms with Gasteiger partial charge in [0.2, 0.25) is 0 Å². The summed E-state index contributed by atoms with van der Waals surface area (Å²) in [6.45, 7) is 0.563. The lowest BCUT2D eigenvalue weighted by Crippen LogP contribution is -2.30. The van der Waals surface area contributed by atoms with E-state index in [4.69, 9.17) is 10.5 Å². The quantitative estimate of drug-likeness (QED) is 0.809. The van der Waals surface area contributed by atoms with Gasteiger partial charge in [-0.15, -0.1) is 0 Å². The van der Waals surface area contributed by atoms with E-state index in [1.807, 2.05) is 54.7 Å². The van der Waals surface area contributed by atoms with E-state index in [1.54, 1.807) is 4.57 Å². The number of nitrogens with two attached hydrogens (primary N) is 1. The molecule has 0 radical (unpaired) electrons. The molecule has 2 aromatic carbocycles. The summed E-state index contributed by atoms with van der Waals surface area (Å²) in [7, 11) is 0. The number of fused-ring (bicyclic) bond motifs is 2. The minimum absolute atomic E-state index is 0.0272. The molecule has 2 heterocycles. The minimum atomic E-state index is -0.464. The van der Waals surface area contributed by atoms with Crippen molar-refractivity contribution in [3.05, 3.63) is 65.9 Å². The topological polar surface area (TPSA) is 57.2 Å². The molecule has 0 fully saturated rings. The summed E-state index contributed by atoms with van der Waals surface area (Å²) in [4.78, 5) is 13.0. The zero-order chi connectivity index (χ0) is 15.8. The molecule has 1 aromatic heterocycles. The molecular weight excluding hydrogens is 288 g/mol. The third kappa shape index (κ3) is 2.32. The predicted octanol–water partition coefficient (Wildman–Crippen LogP) is 2.79. The SMILES string of the molecule is NCCc1cn(C(=O)C2Cc3ccccc3O2)c2ccccc12. The lowest BCUT2D eigenvalue weighted by Gasteiger charge is -2.11. The molecule has 0 saturated carbocycles. The highest BCUT2D eigenvalue weighted by molar-refractivity contribution is 5.96. The second-order valence-corrected chi connectivity index (χ2v) is 5.84. The number of benzene rings is 2. The maximum absolute atomic E-state index is 13.0. The van der Waals surface area contributed by atoms with Crippen molar-refractivity contribution in [1.29, 1.82) is 0 Å². The van der Waals surface area contributed by atoms with Crippen LogP contribution in [-0.2, 0) is 12.8 Å². The van der Waals surface area contributed by atoms with Crippen LogP contribution in [0.3, 0.4) is 0 Å². The first-order valence-corrected chi connectivity index (χ1v) is 7.86. The number of para-hydroxylation sites is 2. The average Bonchev–Trinajstić information content (AvgIpc) is 3.17. The molecular formula is C19H18N2O2. The highest BCUT2D eigenvalue weighted by atomic mass is 16.5. The number of carbonyl (C=O) groups is 1. The molecule has 3 aromatic rings. The van der Waals surface area contributed by atoms with Gasteiger partial charge in [0, 0.05) is 18.0 Å². The van der Waals surface area contributed by atoms with Crippen molar-refractivity contribution < 1.29 is 9.53 Å². The van der Waals surface area contributed by atoms with Crippen LogP contribution in [0, 0.1) is 0 Å². The van der Waals surface area contributed by atoms with Crippen molar-refractivity contribution in [3.63, 3.8) is 0 Å².